The number of nitrogens with one attached hydrogen (secondary N) is 2. The van der Waals surface area contributed by atoms with Crippen LogP contribution in [0.25, 0.3) is 11.3 Å². The number of hydrogen-bond acceptors (Lipinski definition) is 7. The maximum Gasteiger partial charge on any atom is 0.225 e. The van der Waals surface area contributed by atoms with Crippen molar-refractivity contribution in [3.05, 3.63) is 66.0 Å². The van der Waals surface area contributed by atoms with Crippen LogP contribution < -0.4 is 15.8 Å². The monoisotopic (exact) mass is 431 g/mol. The molecule has 1 saturated heterocycles. The highest BCUT2D eigenvalue weighted by molar-refractivity contribution is 6.15. The average molecular weight is 431 g/mol. The molecule has 2 aromatic heterocycles. The van der Waals surface area contributed by atoms with Gasteiger partial charge in [0.1, 0.15) is 6.10 Å². The summed E-state index contributed by atoms with van der Waals surface area (Å²) in [6.45, 7) is 2.75. The van der Waals surface area contributed by atoms with Gasteiger partial charge in [-0.05, 0) is 30.3 Å². The Morgan fingerprint density at radius 3 is 2.72 bits per heavy atom. The maximum atomic E-state index is 11.4. The van der Waals surface area contributed by atoms with E-state index < -0.39 is 0 Å². The highest BCUT2D eigenvalue weighted by Gasteiger charge is 2.22. The van der Waals surface area contributed by atoms with Gasteiger partial charge in [-0.1, -0.05) is 12.1 Å². The zero-order valence-corrected chi connectivity index (χ0v) is 17.8. The van der Waals surface area contributed by atoms with Gasteiger partial charge in [-0.3, -0.25) is 15.2 Å². The van der Waals surface area contributed by atoms with E-state index in [1.54, 1.807) is 24.5 Å². The van der Waals surface area contributed by atoms with Crippen molar-refractivity contribution in [2.75, 3.05) is 24.3 Å². The number of ether oxygens (including phenoxy) is 2. The van der Waals surface area contributed by atoms with Crippen molar-refractivity contribution in [2.24, 2.45) is 0 Å². The van der Waals surface area contributed by atoms with E-state index in [4.69, 9.17) is 20.6 Å². The predicted molar refractivity (Wildman–Crippen MR) is 123 cm³/mol. The van der Waals surface area contributed by atoms with Crippen molar-refractivity contribution in [1.82, 2.24) is 9.97 Å². The van der Waals surface area contributed by atoms with Crippen molar-refractivity contribution < 1.29 is 14.3 Å². The minimum Gasteiger partial charge on any atom is -0.474 e. The number of amides is 1. The van der Waals surface area contributed by atoms with Gasteiger partial charge in [0.25, 0.3) is 0 Å². The van der Waals surface area contributed by atoms with Crippen LogP contribution in [-0.2, 0) is 9.53 Å². The molecular formula is C24H25N5O3. The highest BCUT2D eigenvalue weighted by Crippen LogP contribution is 2.29. The summed E-state index contributed by atoms with van der Waals surface area (Å²) in [5.74, 6) is 0.211. The van der Waals surface area contributed by atoms with Gasteiger partial charge in [0, 0.05) is 54.7 Å². The second-order valence-corrected chi connectivity index (χ2v) is 7.58. The molecule has 32 heavy (non-hydrogen) atoms. The summed E-state index contributed by atoms with van der Waals surface area (Å²) in [5.41, 5.74) is 10.2. The molecule has 0 atom stereocenters. The molecule has 8 heteroatoms. The zero-order chi connectivity index (χ0) is 22.5. The number of nitrogens with zero attached hydrogens (tertiary/aromatic N) is 2. The van der Waals surface area contributed by atoms with Gasteiger partial charge in [0.2, 0.25) is 11.8 Å². The van der Waals surface area contributed by atoms with Gasteiger partial charge < -0.3 is 20.5 Å². The van der Waals surface area contributed by atoms with Gasteiger partial charge in [-0.2, -0.15) is 0 Å². The molecule has 0 saturated carbocycles. The van der Waals surface area contributed by atoms with Gasteiger partial charge in [0.15, 0.2) is 0 Å². The molecule has 3 aromatic rings. The Hall–Kier alpha value is -3.78. The quantitative estimate of drug-likeness (QED) is 0.512. The number of aromatic nitrogens is 2. The van der Waals surface area contributed by atoms with Gasteiger partial charge in [-0.15, -0.1) is 0 Å². The number of rotatable bonds is 6. The van der Waals surface area contributed by atoms with E-state index in [0.717, 1.165) is 18.4 Å². The number of carbonyl (C=O) groups excluding carboxylic acids is 1. The first-order valence-corrected chi connectivity index (χ1v) is 10.4. The topological polar surface area (TPSA) is 123 Å². The largest absolute Gasteiger partial charge is 0.474 e. The van der Waals surface area contributed by atoms with E-state index in [1.165, 1.54) is 6.92 Å². The second kappa shape index (κ2) is 9.57. The minimum atomic E-state index is -0.144. The number of hydrogen-bond donors (Lipinski definition) is 3. The molecular weight excluding hydrogens is 406 g/mol. The summed E-state index contributed by atoms with van der Waals surface area (Å²) in [5, 5.41) is 11.6. The third-order valence-corrected chi connectivity index (χ3v) is 5.17. The van der Waals surface area contributed by atoms with E-state index in [0.29, 0.717) is 47.3 Å². The number of benzene rings is 1. The van der Waals surface area contributed by atoms with Crippen LogP contribution in [0.15, 0.2) is 54.9 Å². The molecule has 1 fully saturated rings. The fourth-order valence-electron chi connectivity index (χ4n) is 3.60. The molecule has 0 bridgehead atoms. The predicted octanol–water partition coefficient (Wildman–Crippen LogP) is 3.66. The third kappa shape index (κ3) is 4.92. The molecule has 1 aliphatic rings. The first-order valence-electron chi connectivity index (χ1n) is 10.4. The van der Waals surface area contributed by atoms with E-state index in [2.05, 4.69) is 15.3 Å². The molecule has 164 valence electrons. The molecule has 4 N–H and O–H groups in total. The maximum absolute atomic E-state index is 11.4. The van der Waals surface area contributed by atoms with E-state index in [1.807, 2.05) is 30.3 Å². The third-order valence-electron chi connectivity index (χ3n) is 5.17. The summed E-state index contributed by atoms with van der Waals surface area (Å²) < 4.78 is 11.5. The fraction of sp³-hybridized carbons (Fsp3) is 0.250. The number of anilines is 2. The van der Waals surface area contributed by atoms with Crippen LogP contribution in [0.2, 0.25) is 0 Å². The Labute approximate surface area is 186 Å². The molecule has 0 unspecified atom stereocenters. The van der Waals surface area contributed by atoms with Crippen LogP contribution in [0, 0.1) is 5.41 Å². The Morgan fingerprint density at radius 2 is 1.94 bits per heavy atom. The second-order valence-electron chi connectivity index (χ2n) is 7.58. The van der Waals surface area contributed by atoms with Crippen LogP contribution in [0.5, 0.6) is 5.88 Å². The minimum absolute atomic E-state index is 0.0193. The van der Waals surface area contributed by atoms with E-state index >= 15 is 0 Å². The average Bonchev–Trinajstić information content (AvgIpc) is 2.79. The van der Waals surface area contributed by atoms with Gasteiger partial charge in [-0.25, -0.2) is 4.98 Å². The van der Waals surface area contributed by atoms with Crippen LogP contribution in [0.3, 0.4) is 0 Å². The van der Waals surface area contributed by atoms with Crippen molar-refractivity contribution in [3.8, 4) is 17.1 Å². The molecule has 1 aliphatic heterocycles. The van der Waals surface area contributed by atoms with E-state index in [9.17, 15) is 4.79 Å². The Morgan fingerprint density at radius 1 is 1.16 bits per heavy atom. The van der Waals surface area contributed by atoms with Gasteiger partial charge >= 0.3 is 0 Å². The molecule has 0 spiro atoms. The van der Waals surface area contributed by atoms with Crippen molar-refractivity contribution >= 4 is 23.0 Å². The summed E-state index contributed by atoms with van der Waals surface area (Å²) in [6, 6.07) is 12.6. The van der Waals surface area contributed by atoms with Crippen LogP contribution in [0.1, 0.15) is 30.9 Å². The first kappa shape index (κ1) is 21.5. The van der Waals surface area contributed by atoms with Crippen molar-refractivity contribution in [1.29, 1.82) is 5.41 Å². The molecule has 0 radical (unpaired) electrons. The SMILES string of the molecule is CC(=O)Nc1cccc(-c2cc(C(=N)c3c(N)ccnc3OC3CCOCC3)ccn2)c1. The Kier molecular flexibility index (Phi) is 6.42. The fourth-order valence-corrected chi connectivity index (χ4v) is 3.60. The molecule has 4 rings (SSSR count). The number of nitrogens with two attached hydrogens (primary N) is 1. The number of nitrogen functional groups attached to an aromatic ring is 1. The highest BCUT2D eigenvalue weighted by atomic mass is 16.5. The summed E-state index contributed by atoms with van der Waals surface area (Å²) in [4.78, 5) is 20.2. The summed E-state index contributed by atoms with van der Waals surface area (Å²) in [6.07, 6.45) is 4.76. The molecule has 3 heterocycles. The summed E-state index contributed by atoms with van der Waals surface area (Å²) in [7, 11) is 0. The molecule has 8 nitrogen and oxygen atoms in total. The zero-order valence-electron chi connectivity index (χ0n) is 17.8. The molecule has 1 aromatic carbocycles. The van der Waals surface area contributed by atoms with Crippen LogP contribution in [0.4, 0.5) is 11.4 Å². The molecule has 1 amide bonds. The normalized spacial score (nSPS) is 14.0. The molecule has 0 aliphatic carbocycles. The van der Waals surface area contributed by atoms with Crippen LogP contribution in [-0.4, -0.2) is 40.9 Å². The lowest BCUT2D eigenvalue weighted by Gasteiger charge is -2.24. The summed E-state index contributed by atoms with van der Waals surface area (Å²) >= 11 is 0. The standard InChI is InChI=1S/C24H25N5O3/c1-15(30)29-18-4-2-3-16(13-18)21-14-17(5-9-27-21)23(26)22-20(25)6-10-28-24(22)32-19-7-11-31-12-8-19/h2-6,9-10,13-14,19,26H,7-8,11-12H2,1H3,(H2,25,28)(H,29,30). The number of carbonyl (C=O) groups is 1. The Balaban J connectivity index is 1.64. The van der Waals surface area contributed by atoms with E-state index in [-0.39, 0.29) is 17.7 Å². The van der Waals surface area contributed by atoms with Crippen LogP contribution >= 0.6 is 0 Å². The first-order chi connectivity index (χ1) is 15.5. The lowest BCUT2D eigenvalue weighted by molar-refractivity contribution is -0.114. The van der Waals surface area contributed by atoms with Crippen molar-refractivity contribution in [2.45, 2.75) is 25.9 Å². The van der Waals surface area contributed by atoms with Gasteiger partial charge in [0.05, 0.1) is 30.2 Å². The van der Waals surface area contributed by atoms with Crippen molar-refractivity contribution in [3.63, 3.8) is 0 Å². The smallest absolute Gasteiger partial charge is 0.225 e. The lowest BCUT2D eigenvalue weighted by atomic mass is 10.0. The lowest BCUT2D eigenvalue weighted by Crippen LogP contribution is -2.27. The number of pyridine rings is 2. The Bertz CT molecular complexity index is 1140.